The molecule has 1 amide bonds. The van der Waals surface area contributed by atoms with Gasteiger partial charge in [-0.2, -0.15) is 0 Å². The molecular formula is C13H16BrNO2. The van der Waals surface area contributed by atoms with Gasteiger partial charge in [-0.25, -0.2) is 0 Å². The Bertz CT molecular complexity index is 441. The Morgan fingerprint density at radius 2 is 2.24 bits per heavy atom. The predicted octanol–water partition coefficient (Wildman–Crippen LogP) is 2.26. The van der Waals surface area contributed by atoms with Gasteiger partial charge in [0, 0.05) is 22.0 Å². The van der Waals surface area contributed by atoms with Crippen molar-refractivity contribution in [3.63, 3.8) is 0 Å². The molecule has 17 heavy (non-hydrogen) atoms. The lowest BCUT2D eigenvalue weighted by molar-refractivity contribution is 0.0934. The highest BCUT2D eigenvalue weighted by Crippen LogP contribution is 2.44. The molecule has 1 saturated carbocycles. The zero-order valence-electron chi connectivity index (χ0n) is 9.79. The van der Waals surface area contributed by atoms with Crippen molar-refractivity contribution in [1.29, 1.82) is 0 Å². The van der Waals surface area contributed by atoms with Gasteiger partial charge in [-0.1, -0.05) is 15.9 Å². The van der Waals surface area contributed by atoms with Crippen LogP contribution in [0.25, 0.3) is 0 Å². The fraction of sp³-hybridized carbons (Fsp3) is 0.462. The average Bonchev–Trinajstić information content (AvgIpc) is 3.07. The molecule has 0 aromatic heterocycles. The zero-order chi connectivity index (χ0) is 12.5. The number of benzene rings is 1. The lowest BCUT2D eigenvalue weighted by atomic mass is 10.1. The first-order valence-corrected chi connectivity index (χ1v) is 6.51. The Hall–Kier alpha value is -0.870. The topological polar surface area (TPSA) is 49.3 Å². The number of aliphatic hydroxyl groups excluding tert-OH is 1. The van der Waals surface area contributed by atoms with Gasteiger partial charge < -0.3 is 10.4 Å². The summed E-state index contributed by atoms with van der Waals surface area (Å²) in [5, 5.41) is 12.1. The summed E-state index contributed by atoms with van der Waals surface area (Å²) in [7, 11) is 0. The van der Waals surface area contributed by atoms with E-state index in [1.807, 2.05) is 25.1 Å². The summed E-state index contributed by atoms with van der Waals surface area (Å²) in [5.74, 6) is -0.0604. The monoisotopic (exact) mass is 297 g/mol. The molecule has 0 atom stereocenters. The van der Waals surface area contributed by atoms with Crippen LogP contribution in [0.1, 0.15) is 28.8 Å². The van der Waals surface area contributed by atoms with Gasteiger partial charge in [0.1, 0.15) is 0 Å². The molecule has 0 bridgehead atoms. The third kappa shape index (κ3) is 2.87. The van der Waals surface area contributed by atoms with Crippen molar-refractivity contribution in [3.8, 4) is 0 Å². The lowest BCUT2D eigenvalue weighted by Crippen LogP contribution is -2.32. The third-order valence-electron chi connectivity index (χ3n) is 3.35. The minimum absolute atomic E-state index is 0.0427. The molecule has 92 valence electrons. The summed E-state index contributed by atoms with van der Waals surface area (Å²) in [6.07, 6.45) is 2.01. The molecule has 4 heteroatoms. The molecule has 3 nitrogen and oxygen atoms in total. The fourth-order valence-corrected chi connectivity index (χ4v) is 2.29. The van der Waals surface area contributed by atoms with E-state index in [1.54, 1.807) is 0 Å². The Labute approximate surface area is 109 Å². The second-order valence-electron chi connectivity index (χ2n) is 4.80. The Kier molecular flexibility index (Phi) is 3.54. The number of nitrogens with one attached hydrogen (secondary N) is 1. The van der Waals surface area contributed by atoms with Crippen molar-refractivity contribution in [2.45, 2.75) is 19.8 Å². The Balaban J connectivity index is 2.00. The Morgan fingerprint density at radius 3 is 2.76 bits per heavy atom. The summed E-state index contributed by atoms with van der Waals surface area (Å²) in [6.45, 7) is 2.64. The maximum absolute atomic E-state index is 12.0. The SMILES string of the molecule is Cc1cc(Br)ccc1C(=O)NCC1(CO)CC1. The van der Waals surface area contributed by atoms with E-state index in [1.165, 1.54) is 0 Å². The molecule has 0 heterocycles. The zero-order valence-corrected chi connectivity index (χ0v) is 11.4. The van der Waals surface area contributed by atoms with Crippen LogP contribution in [0.5, 0.6) is 0 Å². The van der Waals surface area contributed by atoms with Crippen molar-refractivity contribution in [1.82, 2.24) is 5.32 Å². The number of hydrogen-bond donors (Lipinski definition) is 2. The predicted molar refractivity (Wildman–Crippen MR) is 70.0 cm³/mol. The van der Waals surface area contributed by atoms with Gasteiger partial charge in [0.15, 0.2) is 0 Å². The molecular weight excluding hydrogens is 282 g/mol. The van der Waals surface area contributed by atoms with E-state index in [0.717, 1.165) is 22.9 Å². The molecule has 0 saturated heterocycles. The van der Waals surface area contributed by atoms with Gasteiger partial charge in [-0.05, 0) is 43.5 Å². The molecule has 0 radical (unpaired) electrons. The first-order valence-electron chi connectivity index (χ1n) is 5.72. The molecule has 1 fully saturated rings. The molecule has 2 N–H and O–H groups in total. The van der Waals surface area contributed by atoms with E-state index < -0.39 is 0 Å². The first kappa shape index (κ1) is 12.6. The van der Waals surface area contributed by atoms with Gasteiger partial charge in [0.05, 0.1) is 6.61 Å². The number of carbonyl (C=O) groups excluding carboxylic acids is 1. The highest BCUT2D eigenvalue weighted by Gasteiger charge is 2.42. The lowest BCUT2D eigenvalue weighted by Gasteiger charge is -2.13. The summed E-state index contributed by atoms with van der Waals surface area (Å²) in [4.78, 5) is 12.0. The highest BCUT2D eigenvalue weighted by atomic mass is 79.9. The normalized spacial score (nSPS) is 16.6. The molecule has 0 unspecified atom stereocenters. The minimum Gasteiger partial charge on any atom is -0.396 e. The van der Waals surface area contributed by atoms with Crippen molar-refractivity contribution in [2.75, 3.05) is 13.2 Å². The van der Waals surface area contributed by atoms with Crippen LogP contribution in [0.2, 0.25) is 0 Å². The average molecular weight is 298 g/mol. The van der Waals surface area contributed by atoms with E-state index >= 15 is 0 Å². The van der Waals surface area contributed by atoms with Crippen molar-refractivity contribution < 1.29 is 9.90 Å². The van der Waals surface area contributed by atoms with Crippen molar-refractivity contribution >= 4 is 21.8 Å². The maximum Gasteiger partial charge on any atom is 0.251 e. The molecule has 1 aliphatic rings. The summed E-state index contributed by atoms with van der Waals surface area (Å²) < 4.78 is 0.973. The van der Waals surface area contributed by atoms with Crippen LogP contribution in [0.3, 0.4) is 0 Å². The van der Waals surface area contributed by atoms with E-state index in [2.05, 4.69) is 21.2 Å². The number of halogens is 1. The van der Waals surface area contributed by atoms with E-state index in [9.17, 15) is 9.90 Å². The fourth-order valence-electron chi connectivity index (χ4n) is 1.81. The number of rotatable bonds is 4. The van der Waals surface area contributed by atoms with Crippen LogP contribution in [-0.2, 0) is 0 Å². The molecule has 1 aromatic rings. The summed E-state index contributed by atoms with van der Waals surface area (Å²) in [6, 6.07) is 5.60. The summed E-state index contributed by atoms with van der Waals surface area (Å²) in [5.41, 5.74) is 1.60. The largest absolute Gasteiger partial charge is 0.396 e. The molecule has 1 aliphatic carbocycles. The molecule has 0 aliphatic heterocycles. The first-order chi connectivity index (χ1) is 8.06. The van der Waals surface area contributed by atoms with Crippen molar-refractivity contribution in [3.05, 3.63) is 33.8 Å². The standard InChI is InChI=1S/C13H16BrNO2/c1-9-6-10(14)2-3-11(9)12(17)15-7-13(8-16)4-5-13/h2-3,6,16H,4-5,7-8H2,1H3,(H,15,17). The second kappa shape index (κ2) is 4.78. The molecule has 2 rings (SSSR count). The third-order valence-corrected chi connectivity index (χ3v) is 3.84. The van der Waals surface area contributed by atoms with Crippen LogP contribution >= 0.6 is 15.9 Å². The number of hydrogen-bond acceptors (Lipinski definition) is 2. The highest BCUT2D eigenvalue weighted by molar-refractivity contribution is 9.10. The van der Waals surface area contributed by atoms with Gasteiger partial charge in [-0.3, -0.25) is 4.79 Å². The maximum atomic E-state index is 12.0. The summed E-state index contributed by atoms with van der Waals surface area (Å²) >= 11 is 3.37. The van der Waals surface area contributed by atoms with Crippen LogP contribution < -0.4 is 5.32 Å². The number of carbonyl (C=O) groups is 1. The van der Waals surface area contributed by atoms with E-state index in [-0.39, 0.29) is 17.9 Å². The van der Waals surface area contributed by atoms with Crippen LogP contribution in [0.4, 0.5) is 0 Å². The van der Waals surface area contributed by atoms with Gasteiger partial charge in [-0.15, -0.1) is 0 Å². The Morgan fingerprint density at radius 1 is 1.53 bits per heavy atom. The number of aliphatic hydroxyl groups is 1. The molecule has 1 aromatic carbocycles. The quantitative estimate of drug-likeness (QED) is 0.896. The molecule has 0 spiro atoms. The number of aryl methyl sites for hydroxylation is 1. The minimum atomic E-state index is -0.0604. The van der Waals surface area contributed by atoms with E-state index in [4.69, 9.17) is 0 Å². The second-order valence-corrected chi connectivity index (χ2v) is 5.72. The van der Waals surface area contributed by atoms with Gasteiger partial charge >= 0.3 is 0 Å². The van der Waals surface area contributed by atoms with Gasteiger partial charge in [0.25, 0.3) is 5.91 Å². The van der Waals surface area contributed by atoms with Crippen LogP contribution in [0, 0.1) is 12.3 Å². The van der Waals surface area contributed by atoms with Crippen LogP contribution in [0.15, 0.2) is 22.7 Å². The van der Waals surface area contributed by atoms with Crippen LogP contribution in [-0.4, -0.2) is 24.2 Å². The smallest absolute Gasteiger partial charge is 0.251 e. The number of amides is 1. The van der Waals surface area contributed by atoms with E-state index in [0.29, 0.717) is 12.1 Å². The van der Waals surface area contributed by atoms with Gasteiger partial charge in [0.2, 0.25) is 0 Å². The van der Waals surface area contributed by atoms with Crippen molar-refractivity contribution in [2.24, 2.45) is 5.41 Å².